The van der Waals surface area contributed by atoms with E-state index in [4.69, 9.17) is 4.99 Å². The second-order valence-electron chi connectivity index (χ2n) is 6.63. The van der Waals surface area contributed by atoms with Crippen LogP contribution in [-0.4, -0.2) is 37.0 Å². The molecular weight excluding hydrogens is 361 g/mol. The lowest BCUT2D eigenvalue weighted by Crippen LogP contribution is -2.40. The van der Waals surface area contributed by atoms with Crippen molar-refractivity contribution >= 4 is 29.9 Å². The van der Waals surface area contributed by atoms with Crippen molar-refractivity contribution in [1.82, 2.24) is 10.2 Å². The van der Waals surface area contributed by atoms with Gasteiger partial charge in [0.25, 0.3) is 0 Å². The van der Waals surface area contributed by atoms with Crippen LogP contribution in [0.5, 0.6) is 0 Å². The molecular formula is C16H32IN3. The van der Waals surface area contributed by atoms with E-state index in [0.29, 0.717) is 0 Å². The first-order chi connectivity index (χ1) is 9.20. The second-order valence-corrected chi connectivity index (χ2v) is 6.63. The molecule has 1 saturated heterocycles. The molecule has 3 nitrogen and oxygen atoms in total. The topological polar surface area (TPSA) is 27.6 Å². The molecule has 2 unspecified atom stereocenters. The van der Waals surface area contributed by atoms with Crippen LogP contribution >= 0.6 is 24.0 Å². The summed E-state index contributed by atoms with van der Waals surface area (Å²) in [7, 11) is 0. The number of fused-ring (bicyclic) bond motifs is 1. The molecule has 2 aliphatic rings. The van der Waals surface area contributed by atoms with Crippen LogP contribution in [0.15, 0.2) is 4.99 Å². The minimum absolute atomic E-state index is 0. The first kappa shape index (κ1) is 18.1. The van der Waals surface area contributed by atoms with Gasteiger partial charge in [0.05, 0.1) is 0 Å². The molecule has 1 saturated carbocycles. The first-order valence-corrected chi connectivity index (χ1v) is 8.24. The molecule has 2 fully saturated rings. The van der Waals surface area contributed by atoms with Crippen LogP contribution in [0.2, 0.25) is 0 Å². The van der Waals surface area contributed by atoms with Crippen molar-refractivity contribution in [3.05, 3.63) is 0 Å². The Bertz CT molecular complexity index is 290. The van der Waals surface area contributed by atoms with E-state index in [1.165, 1.54) is 45.2 Å². The van der Waals surface area contributed by atoms with E-state index in [-0.39, 0.29) is 24.0 Å². The molecule has 0 aromatic carbocycles. The predicted molar refractivity (Wildman–Crippen MR) is 97.9 cm³/mol. The fourth-order valence-electron chi connectivity index (χ4n) is 3.43. The van der Waals surface area contributed by atoms with E-state index in [1.54, 1.807) is 0 Å². The number of nitrogens with one attached hydrogen (secondary N) is 1. The molecule has 2 rings (SSSR count). The summed E-state index contributed by atoms with van der Waals surface area (Å²) in [5, 5.41) is 3.48. The highest BCUT2D eigenvalue weighted by atomic mass is 127. The Morgan fingerprint density at radius 1 is 1.20 bits per heavy atom. The van der Waals surface area contributed by atoms with Crippen LogP contribution in [0.4, 0.5) is 0 Å². The Labute approximate surface area is 142 Å². The van der Waals surface area contributed by atoms with E-state index in [9.17, 15) is 0 Å². The Morgan fingerprint density at radius 3 is 2.30 bits per heavy atom. The minimum atomic E-state index is 0. The third-order valence-electron chi connectivity index (χ3n) is 4.58. The van der Waals surface area contributed by atoms with Crippen LogP contribution < -0.4 is 5.32 Å². The van der Waals surface area contributed by atoms with E-state index < -0.39 is 0 Å². The Morgan fingerprint density at radius 2 is 1.80 bits per heavy atom. The zero-order valence-corrected chi connectivity index (χ0v) is 15.7. The lowest BCUT2D eigenvalue weighted by Gasteiger charge is -2.22. The molecule has 1 aliphatic carbocycles. The number of rotatable bonds is 4. The molecule has 4 heteroatoms. The Kier molecular flexibility index (Phi) is 8.22. The van der Waals surface area contributed by atoms with Gasteiger partial charge in [-0.15, -0.1) is 24.0 Å². The predicted octanol–water partition coefficient (Wildman–Crippen LogP) is 3.74. The Balaban J connectivity index is 0.00000200. The molecule has 1 heterocycles. The van der Waals surface area contributed by atoms with Crippen LogP contribution in [-0.2, 0) is 0 Å². The highest BCUT2D eigenvalue weighted by Gasteiger charge is 2.35. The summed E-state index contributed by atoms with van der Waals surface area (Å²) in [5.74, 6) is 3.77. The van der Waals surface area contributed by atoms with Crippen LogP contribution in [0.1, 0.15) is 52.9 Å². The Hall–Kier alpha value is 0. The number of hydrogen-bond donors (Lipinski definition) is 1. The van der Waals surface area contributed by atoms with E-state index in [0.717, 1.165) is 36.8 Å². The maximum atomic E-state index is 4.82. The zero-order chi connectivity index (χ0) is 13.7. The van der Waals surface area contributed by atoms with Crippen molar-refractivity contribution in [2.45, 2.75) is 52.9 Å². The fraction of sp³-hybridized carbons (Fsp3) is 0.938. The number of aliphatic imine (C=N–C) groups is 1. The first-order valence-electron chi connectivity index (χ1n) is 8.24. The molecule has 0 bridgehead atoms. The highest BCUT2D eigenvalue weighted by molar-refractivity contribution is 14.0. The summed E-state index contributed by atoms with van der Waals surface area (Å²) in [6.07, 6.45) is 6.95. The molecule has 118 valence electrons. The summed E-state index contributed by atoms with van der Waals surface area (Å²) in [6, 6.07) is 0. The van der Waals surface area contributed by atoms with Crippen molar-refractivity contribution in [2.24, 2.45) is 22.7 Å². The average molecular weight is 393 g/mol. The fourth-order valence-corrected chi connectivity index (χ4v) is 3.43. The summed E-state index contributed by atoms with van der Waals surface area (Å²) in [5.41, 5.74) is 0. The molecule has 0 aromatic heterocycles. The van der Waals surface area contributed by atoms with Gasteiger partial charge in [0.2, 0.25) is 0 Å². The van der Waals surface area contributed by atoms with Crippen molar-refractivity contribution < 1.29 is 0 Å². The number of nitrogens with zero attached hydrogens (tertiary/aromatic N) is 2. The van der Waals surface area contributed by atoms with Crippen LogP contribution in [0.25, 0.3) is 0 Å². The van der Waals surface area contributed by atoms with Gasteiger partial charge >= 0.3 is 0 Å². The lowest BCUT2D eigenvalue weighted by atomic mass is 9.82. The standard InChI is InChI=1S/C16H31N3.HI/c1-4-17-16(18-10-9-13(2)3)19-11-14-7-5-6-8-15(14)12-19;/h13-15H,4-12H2,1-3H3,(H,17,18);1H. The quantitative estimate of drug-likeness (QED) is 0.448. The van der Waals surface area contributed by atoms with Crippen molar-refractivity contribution in [1.29, 1.82) is 0 Å². The third-order valence-corrected chi connectivity index (χ3v) is 4.58. The van der Waals surface area contributed by atoms with Crippen molar-refractivity contribution in [3.63, 3.8) is 0 Å². The molecule has 1 aliphatic heterocycles. The summed E-state index contributed by atoms with van der Waals surface area (Å²) in [6.45, 7) is 11.1. The third kappa shape index (κ3) is 5.08. The maximum absolute atomic E-state index is 4.82. The van der Waals surface area contributed by atoms with Crippen LogP contribution in [0.3, 0.4) is 0 Å². The van der Waals surface area contributed by atoms with Gasteiger partial charge in [-0.2, -0.15) is 0 Å². The van der Waals surface area contributed by atoms with Crippen LogP contribution in [0, 0.1) is 17.8 Å². The second kappa shape index (κ2) is 9.11. The monoisotopic (exact) mass is 393 g/mol. The lowest BCUT2D eigenvalue weighted by molar-refractivity contribution is 0.299. The van der Waals surface area contributed by atoms with E-state index >= 15 is 0 Å². The van der Waals surface area contributed by atoms with Gasteiger partial charge < -0.3 is 10.2 Å². The van der Waals surface area contributed by atoms with Gasteiger partial charge in [-0.3, -0.25) is 4.99 Å². The summed E-state index contributed by atoms with van der Waals surface area (Å²) < 4.78 is 0. The van der Waals surface area contributed by atoms with Crippen molar-refractivity contribution in [2.75, 3.05) is 26.2 Å². The number of likely N-dealkylation sites (tertiary alicyclic amines) is 1. The number of guanidine groups is 1. The van der Waals surface area contributed by atoms with E-state index in [2.05, 4.69) is 31.0 Å². The van der Waals surface area contributed by atoms with Gasteiger partial charge in [0, 0.05) is 26.2 Å². The summed E-state index contributed by atoms with van der Waals surface area (Å²) in [4.78, 5) is 7.34. The molecule has 1 N–H and O–H groups in total. The molecule has 2 atom stereocenters. The molecule has 0 amide bonds. The zero-order valence-electron chi connectivity index (χ0n) is 13.4. The average Bonchev–Trinajstić information content (AvgIpc) is 2.81. The minimum Gasteiger partial charge on any atom is -0.357 e. The smallest absolute Gasteiger partial charge is 0.193 e. The van der Waals surface area contributed by atoms with Gasteiger partial charge in [-0.25, -0.2) is 0 Å². The van der Waals surface area contributed by atoms with Gasteiger partial charge in [-0.1, -0.05) is 26.7 Å². The molecule has 0 radical (unpaired) electrons. The van der Waals surface area contributed by atoms with Gasteiger partial charge in [-0.05, 0) is 43.9 Å². The normalized spacial score (nSPS) is 26.4. The molecule has 0 spiro atoms. The molecule has 0 aromatic rings. The largest absolute Gasteiger partial charge is 0.357 e. The summed E-state index contributed by atoms with van der Waals surface area (Å²) >= 11 is 0. The molecule has 20 heavy (non-hydrogen) atoms. The van der Waals surface area contributed by atoms with E-state index in [1.807, 2.05) is 0 Å². The SMILES string of the molecule is CCNC(=NCCC(C)C)N1CC2CCCCC2C1.I. The number of halogens is 1. The maximum Gasteiger partial charge on any atom is 0.193 e. The van der Waals surface area contributed by atoms with Gasteiger partial charge in [0.1, 0.15) is 0 Å². The highest BCUT2D eigenvalue weighted by Crippen LogP contribution is 2.35. The number of hydrogen-bond acceptors (Lipinski definition) is 1. The van der Waals surface area contributed by atoms with Gasteiger partial charge in [0.15, 0.2) is 5.96 Å². The van der Waals surface area contributed by atoms with Crippen molar-refractivity contribution in [3.8, 4) is 0 Å².